The molecule has 0 aliphatic heterocycles. The highest BCUT2D eigenvalue weighted by molar-refractivity contribution is 8.00. The van der Waals surface area contributed by atoms with Crippen molar-refractivity contribution in [3.8, 4) is 11.1 Å². The van der Waals surface area contributed by atoms with Crippen LogP contribution in [0.4, 0.5) is 0 Å². The Kier molecular flexibility index (Phi) is 3.69. The Morgan fingerprint density at radius 2 is 1.58 bits per heavy atom. The second-order valence-corrected chi connectivity index (χ2v) is 6.29. The van der Waals surface area contributed by atoms with Gasteiger partial charge in [-0.05, 0) is 29.7 Å². The van der Waals surface area contributed by atoms with E-state index < -0.39 is 0 Å². The Morgan fingerprint density at radius 1 is 0.895 bits per heavy atom. The van der Waals surface area contributed by atoms with Gasteiger partial charge in [0, 0.05) is 23.0 Å². The van der Waals surface area contributed by atoms with Crippen LogP contribution in [0.5, 0.6) is 0 Å². The monoisotopic (exact) mass is 268 g/mol. The maximum atomic E-state index is 11.3. The number of Topliss-reactive ketones (excluding diaryl/α,β-unsaturated/α-hetero) is 1. The quantitative estimate of drug-likeness (QED) is 0.811. The third-order valence-electron chi connectivity index (χ3n) is 3.46. The molecule has 1 aliphatic carbocycles. The fraction of sp³-hybridized carbons (Fsp3) is 0.235. The molecule has 1 fully saturated rings. The second-order valence-electron chi connectivity index (χ2n) is 4.91. The van der Waals surface area contributed by atoms with E-state index in [1.807, 2.05) is 17.8 Å². The topological polar surface area (TPSA) is 17.1 Å². The van der Waals surface area contributed by atoms with Gasteiger partial charge in [-0.2, -0.15) is 0 Å². The van der Waals surface area contributed by atoms with Crippen LogP contribution in [-0.2, 0) is 4.79 Å². The van der Waals surface area contributed by atoms with Crippen molar-refractivity contribution in [3.05, 3.63) is 54.6 Å². The Bertz CT molecular complexity index is 560. The van der Waals surface area contributed by atoms with Gasteiger partial charge in [0.25, 0.3) is 0 Å². The molecule has 3 rings (SSSR count). The van der Waals surface area contributed by atoms with Gasteiger partial charge in [0.15, 0.2) is 0 Å². The summed E-state index contributed by atoms with van der Waals surface area (Å²) in [6.07, 6.45) is 2.54. The fourth-order valence-corrected chi connectivity index (χ4v) is 3.61. The van der Waals surface area contributed by atoms with Gasteiger partial charge in [-0.15, -0.1) is 11.8 Å². The molecule has 1 unspecified atom stereocenters. The number of hydrogen-bond donors (Lipinski definition) is 0. The molecule has 0 bridgehead atoms. The van der Waals surface area contributed by atoms with Crippen molar-refractivity contribution >= 4 is 17.5 Å². The lowest BCUT2D eigenvalue weighted by Gasteiger charge is -2.08. The summed E-state index contributed by atoms with van der Waals surface area (Å²) in [6, 6.07) is 19.0. The molecule has 0 spiro atoms. The minimum Gasteiger partial charge on any atom is -0.300 e. The largest absolute Gasteiger partial charge is 0.300 e. The molecule has 0 N–H and O–H groups in total. The number of rotatable bonds is 3. The van der Waals surface area contributed by atoms with Gasteiger partial charge in [-0.25, -0.2) is 0 Å². The summed E-state index contributed by atoms with van der Waals surface area (Å²) in [5.41, 5.74) is 2.49. The summed E-state index contributed by atoms with van der Waals surface area (Å²) in [5, 5.41) is 0.482. The van der Waals surface area contributed by atoms with E-state index in [1.165, 1.54) is 16.0 Å². The molecule has 2 heteroatoms. The van der Waals surface area contributed by atoms with Crippen molar-refractivity contribution < 1.29 is 4.79 Å². The molecule has 2 aromatic rings. The molecule has 1 nitrogen and oxygen atoms in total. The minimum absolute atomic E-state index is 0.415. The highest BCUT2D eigenvalue weighted by Crippen LogP contribution is 2.34. The summed E-state index contributed by atoms with van der Waals surface area (Å²) >= 11 is 1.84. The van der Waals surface area contributed by atoms with E-state index >= 15 is 0 Å². The number of carbonyl (C=O) groups excluding carboxylic acids is 1. The SMILES string of the molecule is O=C1CCC(Sc2ccc(-c3ccccc3)cc2)C1. The zero-order valence-electron chi connectivity index (χ0n) is 10.7. The summed E-state index contributed by atoms with van der Waals surface area (Å²) in [7, 11) is 0. The summed E-state index contributed by atoms with van der Waals surface area (Å²) in [5.74, 6) is 0.415. The van der Waals surface area contributed by atoms with Crippen LogP contribution in [-0.4, -0.2) is 11.0 Å². The number of ketones is 1. The van der Waals surface area contributed by atoms with Crippen LogP contribution in [0.25, 0.3) is 11.1 Å². The Labute approximate surface area is 118 Å². The Morgan fingerprint density at radius 3 is 2.21 bits per heavy atom. The van der Waals surface area contributed by atoms with Gasteiger partial charge in [0.05, 0.1) is 0 Å². The number of benzene rings is 2. The van der Waals surface area contributed by atoms with E-state index in [4.69, 9.17) is 0 Å². The lowest BCUT2D eigenvalue weighted by atomic mass is 10.1. The van der Waals surface area contributed by atoms with Crippen LogP contribution < -0.4 is 0 Å². The molecule has 1 saturated carbocycles. The van der Waals surface area contributed by atoms with Gasteiger partial charge < -0.3 is 0 Å². The molecule has 2 aromatic carbocycles. The van der Waals surface area contributed by atoms with E-state index in [9.17, 15) is 4.79 Å². The van der Waals surface area contributed by atoms with Gasteiger partial charge in [0.2, 0.25) is 0 Å². The van der Waals surface area contributed by atoms with Gasteiger partial charge in [0.1, 0.15) is 5.78 Å². The van der Waals surface area contributed by atoms with E-state index in [0.29, 0.717) is 11.0 Å². The van der Waals surface area contributed by atoms with Crippen molar-refractivity contribution in [2.75, 3.05) is 0 Å². The third kappa shape index (κ3) is 3.07. The van der Waals surface area contributed by atoms with Crippen molar-refractivity contribution in [1.82, 2.24) is 0 Å². The molecule has 96 valence electrons. The summed E-state index contributed by atoms with van der Waals surface area (Å²) in [6.45, 7) is 0. The molecule has 0 aromatic heterocycles. The van der Waals surface area contributed by atoms with Crippen LogP contribution in [0.2, 0.25) is 0 Å². The summed E-state index contributed by atoms with van der Waals surface area (Å²) in [4.78, 5) is 12.5. The third-order valence-corrected chi connectivity index (χ3v) is 4.74. The van der Waals surface area contributed by atoms with E-state index in [-0.39, 0.29) is 0 Å². The first-order valence-electron chi connectivity index (χ1n) is 6.65. The smallest absolute Gasteiger partial charge is 0.134 e. The van der Waals surface area contributed by atoms with Crippen molar-refractivity contribution in [2.45, 2.75) is 29.4 Å². The lowest BCUT2D eigenvalue weighted by Crippen LogP contribution is -1.95. The predicted molar refractivity (Wildman–Crippen MR) is 80.4 cm³/mol. The second kappa shape index (κ2) is 5.62. The van der Waals surface area contributed by atoms with Gasteiger partial charge in [-0.3, -0.25) is 4.79 Å². The van der Waals surface area contributed by atoms with Crippen molar-refractivity contribution in [2.24, 2.45) is 0 Å². The van der Waals surface area contributed by atoms with Crippen LogP contribution in [0.15, 0.2) is 59.5 Å². The average molecular weight is 268 g/mol. The maximum Gasteiger partial charge on any atom is 0.134 e. The van der Waals surface area contributed by atoms with Crippen LogP contribution in [0, 0.1) is 0 Å². The molecular weight excluding hydrogens is 252 g/mol. The molecule has 0 heterocycles. The summed E-state index contributed by atoms with van der Waals surface area (Å²) < 4.78 is 0. The van der Waals surface area contributed by atoms with E-state index in [0.717, 1.165) is 19.3 Å². The fourth-order valence-electron chi connectivity index (χ4n) is 2.43. The van der Waals surface area contributed by atoms with Gasteiger partial charge >= 0.3 is 0 Å². The van der Waals surface area contributed by atoms with Crippen LogP contribution in [0.1, 0.15) is 19.3 Å². The van der Waals surface area contributed by atoms with E-state index in [1.54, 1.807) is 0 Å². The van der Waals surface area contributed by atoms with Crippen molar-refractivity contribution in [1.29, 1.82) is 0 Å². The van der Waals surface area contributed by atoms with Crippen LogP contribution in [0.3, 0.4) is 0 Å². The molecule has 1 aliphatic rings. The molecule has 0 radical (unpaired) electrons. The standard InChI is InChI=1S/C17H16OS/c18-15-8-11-17(12-15)19-16-9-6-14(7-10-16)13-4-2-1-3-5-13/h1-7,9-10,17H,8,11-12H2. The Hall–Kier alpha value is -1.54. The van der Waals surface area contributed by atoms with Gasteiger partial charge in [-0.1, -0.05) is 42.5 Å². The zero-order valence-corrected chi connectivity index (χ0v) is 11.5. The lowest BCUT2D eigenvalue weighted by molar-refractivity contribution is -0.117. The van der Waals surface area contributed by atoms with Crippen LogP contribution >= 0.6 is 11.8 Å². The molecule has 0 saturated heterocycles. The first kappa shape index (κ1) is 12.5. The first-order valence-corrected chi connectivity index (χ1v) is 7.53. The van der Waals surface area contributed by atoms with Crippen molar-refractivity contribution in [3.63, 3.8) is 0 Å². The minimum atomic E-state index is 0.415. The Balaban J connectivity index is 1.71. The molecule has 19 heavy (non-hydrogen) atoms. The average Bonchev–Trinajstić information content (AvgIpc) is 2.86. The maximum absolute atomic E-state index is 11.3. The predicted octanol–water partition coefficient (Wildman–Crippen LogP) is 4.57. The highest BCUT2D eigenvalue weighted by Gasteiger charge is 2.22. The number of thioether (sulfide) groups is 1. The highest BCUT2D eigenvalue weighted by atomic mass is 32.2. The number of carbonyl (C=O) groups is 1. The zero-order chi connectivity index (χ0) is 13.1. The molecule has 1 atom stereocenters. The normalized spacial score (nSPS) is 18.7. The molecular formula is C17H16OS. The van der Waals surface area contributed by atoms with E-state index in [2.05, 4.69) is 48.5 Å². The molecule has 0 amide bonds. The number of hydrogen-bond acceptors (Lipinski definition) is 2. The first-order chi connectivity index (χ1) is 9.31.